The van der Waals surface area contributed by atoms with Gasteiger partial charge in [0.15, 0.2) is 6.61 Å². The molecule has 7 nitrogen and oxygen atoms in total. The van der Waals surface area contributed by atoms with E-state index in [9.17, 15) is 9.59 Å². The van der Waals surface area contributed by atoms with Gasteiger partial charge in [0.1, 0.15) is 11.6 Å². The van der Waals surface area contributed by atoms with E-state index in [2.05, 4.69) is 25.2 Å². The predicted molar refractivity (Wildman–Crippen MR) is 135 cm³/mol. The molecule has 2 heterocycles. The fraction of sp³-hybridized carbons (Fsp3) is 0.296. The number of fused-ring (bicyclic) bond motifs is 1. The van der Waals surface area contributed by atoms with Crippen LogP contribution in [0.25, 0.3) is 11.0 Å². The normalized spacial score (nSPS) is 11.2. The third-order valence-corrected chi connectivity index (χ3v) is 5.88. The molecule has 0 fully saturated rings. The van der Waals surface area contributed by atoms with Crippen LogP contribution in [0.2, 0.25) is 0 Å². The van der Waals surface area contributed by atoms with Gasteiger partial charge in [0.25, 0.3) is 11.5 Å². The highest BCUT2D eigenvalue weighted by atomic mass is 16.5. The van der Waals surface area contributed by atoms with E-state index in [1.807, 2.05) is 54.9 Å². The molecule has 4 aromatic rings. The van der Waals surface area contributed by atoms with Crippen LogP contribution in [0.4, 0.5) is 5.69 Å². The number of nitrogens with one attached hydrogen (secondary N) is 1. The van der Waals surface area contributed by atoms with E-state index in [1.165, 1.54) is 0 Å². The van der Waals surface area contributed by atoms with Crippen molar-refractivity contribution in [2.45, 2.75) is 39.7 Å². The first-order valence-corrected chi connectivity index (χ1v) is 11.5. The average molecular weight is 459 g/mol. The molecule has 2 aromatic carbocycles. The van der Waals surface area contributed by atoms with Crippen molar-refractivity contribution in [3.05, 3.63) is 88.1 Å². The average Bonchev–Trinajstić information content (AvgIpc) is 3.11. The minimum Gasteiger partial charge on any atom is -0.483 e. The van der Waals surface area contributed by atoms with Crippen LogP contribution in [0.5, 0.6) is 5.75 Å². The Hall–Kier alpha value is -3.87. The summed E-state index contributed by atoms with van der Waals surface area (Å²) in [5.74, 6) is 1.70. The number of carbonyl (C=O) groups excluding carboxylic acids is 1. The Kier molecular flexibility index (Phi) is 6.82. The topological polar surface area (TPSA) is 78.2 Å². The van der Waals surface area contributed by atoms with Crippen LogP contribution < -0.4 is 15.6 Å². The number of ether oxygens (including phenoxy) is 1. The number of amides is 1. The van der Waals surface area contributed by atoms with E-state index in [0.29, 0.717) is 24.6 Å². The zero-order chi connectivity index (χ0) is 24.2. The smallest absolute Gasteiger partial charge is 0.262 e. The standard InChI is InChI=1S/C27H30N4O3/c1-18(2)21-10-8-19(3)15-24(21)34-17-26(32)28-20-9-11-23-22(16-20)29-25(30(23)4)12-14-31-13-6-5-7-27(31)33/h5-11,13,15-16,18H,12,14,17H2,1-4H3,(H,28,32). The van der Waals surface area contributed by atoms with Crippen LogP contribution >= 0.6 is 0 Å². The molecule has 0 spiro atoms. The number of pyridine rings is 1. The molecular formula is C27H30N4O3. The van der Waals surface area contributed by atoms with Crippen molar-refractivity contribution < 1.29 is 9.53 Å². The molecular weight excluding hydrogens is 428 g/mol. The maximum atomic E-state index is 12.6. The van der Waals surface area contributed by atoms with Crippen LogP contribution in [-0.2, 0) is 24.8 Å². The van der Waals surface area contributed by atoms with Gasteiger partial charge in [-0.25, -0.2) is 4.98 Å². The van der Waals surface area contributed by atoms with Crippen molar-refractivity contribution in [2.24, 2.45) is 7.05 Å². The summed E-state index contributed by atoms with van der Waals surface area (Å²) in [5.41, 5.74) is 4.56. The third kappa shape index (κ3) is 5.20. The van der Waals surface area contributed by atoms with Crippen molar-refractivity contribution in [3.8, 4) is 5.75 Å². The van der Waals surface area contributed by atoms with Crippen LogP contribution in [0.3, 0.4) is 0 Å². The van der Waals surface area contributed by atoms with Gasteiger partial charge in [0.2, 0.25) is 0 Å². The molecule has 0 unspecified atom stereocenters. The summed E-state index contributed by atoms with van der Waals surface area (Å²) < 4.78 is 9.54. The zero-order valence-corrected chi connectivity index (χ0v) is 20.0. The van der Waals surface area contributed by atoms with E-state index in [0.717, 1.165) is 33.7 Å². The second-order valence-electron chi connectivity index (χ2n) is 8.81. The van der Waals surface area contributed by atoms with Gasteiger partial charge in [-0.2, -0.15) is 0 Å². The number of aromatic nitrogens is 3. The Morgan fingerprint density at radius 1 is 1.12 bits per heavy atom. The van der Waals surface area contributed by atoms with Gasteiger partial charge in [-0.3, -0.25) is 9.59 Å². The Morgan fingerprint density at radius 2 is 1.94 bits per heavy atom. The van der Waals surface area contributed by atoms with Crippen LogP contribution in [0.15, 0.2) is 65.6 Å². The number of rotatable bonds is 8. The summed E-state index contributed by atoms with van der Waals surface area (Å²) in [6.07, 6.45) is 2.40. The number of hydrogen-bond acceptors (Lipinski definition) is 4. The molecule has 0 radical (unpaired) electrons. The lowest BCUT2D eigenvalue weighted by atomic mass is 10.0. The maximum absolute atomic E-state index is 12.6. The molecule has 0 saturated heterocycles. The van der Waals surface area contributed by atoms with Gasteiger partial charge in [0.05, 0.1) is 11.0 Å². The molecule has 0 aliphatic heterocycles. The molecule has 0 bridgehead atoms. The molecule has 4 rings (SSSR count). The molecule has 0 atom stereocenters. The summed E-state index contributed by atoms with van der Waals surface area (Å²) in [4.78, 5) is 29.2. The molecule has 0 aliphatic rings. The van der Waals surface area contributed by atoms with Crippen molar-refractivity contribution in [2.75, 3.05) is 11.9 Å². The largest absolute Gasteiger partial charge is 0.483 e. The summed E-state index contributed by atoms with van der Waals surface area (Å²) in [5, 5.41) is 2.90. The highest BCUT2D eigenvalue weighted by molar-refractivity contribution is 5.94. The van der Waals surface area contributed by atoms with Gasteiger partial charge in [-0.1, -0.05) is 32.0 Å². The molecule has 1 amide bonds. The molecule has 1 N–H and O–H groups in total. The summed E-state index contributed by atoms with van der Waals surface area (Å²) in [7, 11) is 1.96. The molecule has 34 heavy (non-hydrogen) atoms. The first-order chi connectivity index (χ1) is 16.3. The van der Waals surface area contributed by atoms with Crippen molar-refractivity contribution in [1.29, 1.82) is 0 Å². The lowest BCUT2D eigenvalue weighted by molar-refractivity contribution is -0.118. The quantitative estimate of drug-likeness (QED) is 0.424. The fourth-order valence-corrected chi connectivity index (χ4v) is 4.00. The Bertz CT molecular complexity index is 1380. The number of hydrogen-bond donors (Lipinski definition) is 1. The molecule has 176 valence electrons. The monoisotopic (exact) mass is 458 g/mol. The van der Waals surface area contributed by atoms with E-state index < -0.39 is 0 Å². The molecule has 0 aliphatic carbocycles. The third-order valence-electron chi connectivity index (χ3n) is 5.88. The Morgan fingerprint density at radius 3 is 2.71 bits per heavy atom. The maximum Gasteiger partial charge on any atom is 0.262 e. The summed E-state index contributed by atoms with van der Waals surface area (Å²) >= 11 is 0. The molecule has 0 saturated carbocycles. The summed E-state index contributed by atoms with van der Waals surface area (Å²) in [6.45, 7) is 6.69. The number of carbonyl (C=O) groups is 1. The lowest BCUT2D eigenvalue weighted by Gasteiger charge is -2.15. The second kappa shape index (κ2) is 9.95. The van der Waals surface area contributed by atoms with Crippen molar-refractivity contribution in [3.63, 3.8) is 0 Å². The van der Waals surface area contributed by atoms with Crippen LogP contribution in [-0.4, -0.2) is 26.6 Å². The summed E-state index contributed by atoms with van der Waals surface area (Å²) in [6, 6.07) is 16.9. The van der Waals surface area contributed by atoms with Gasteiger partial charge in [-0.05, 0) is 54.3 Å². The van der Waals surface area contributed by atoms with Crippen molar-refractivity contribution >= 4 is 22.6 Å². The predicted octanol–water partition coefficient (Wildman–Crippen LogP) is 4.43. The molecule has 7 heteroatoms. The number of anilines is 1. The van der Waals surface area contributed by atoms with Gasteiger partial charge >= 0.3 is 0 Å². The SMILES string of the molecule is Cc1ccc(C(C)C)c(OCC(=O)Nc2ccc3c(c2)nc(CCn2ccccc2=O)n3C)c1. The van der Waals surface area contributed by atoms with Crippen LogP contribution in [0.1, 0.15) is 36.7 Å². The fourth-order valence-electron chi connectivity index (χ4n) is 4.00. The Labute approximate surface area is 199 Å². The highest BCUT2D eigenvalue weighted by Gasteiger charge is 2.12. The lowest BCUT2D eigenvalue weighted by Crippen LogP contribution is -2.20. The minimum atomic E-state index is -0.227. The van der Waals surface area contributed by atoms with E-state index in [1.54, 1.807) is 22.9 Å². The number of nitrogens with zero attached hydrogens (tertiary/aromatic N) is 3. The number of aryl methyl sites for hydroxylation is 4. The van der Waals surface area contributed by atoms with E-state index in [4.69, 9.17) is 9.72 Å². The van der Waals surface area contributed by atoms with E-state index >= 15 is 0 Å². The van der Waals surface area contributed by atoms with Gasteiger partial charge < -0.3 is 19.2 Å². The zero-order valence-electron chi connectivity index (χ0n) is 20.0. The Balaban J connectivity index is 1.43. The second-order valence-corrected chi connectivity index (χ2v) is 8.81. The number of benzene rings is 2. The van der Waals surface area contributed by atoms with E-state index in [-0.39, 0.29) is 18.1 Å². The van der Waals surface area contributed by atoms with Gasteiger partial charge in [-0.15, -0.1) is 0 Å². The van der Waals surface area contributed by atoms with Gasteiger partial charge in [0, 0.05) is 38.0 Å². The first kappa shape index (κ1) is 23.3. The minimum absolute atomic E-state index is 0.0281. The first-order valence-electron chi connectivity index (χ1n) is 11.5. The number of imidazole rings is 1. The molecule has 2 aromatic heterocycles. The van der Waals surface area contributed by atoms with Crippen molar-refractivity contribution in [1.82, 2.24) is 14.1 Å². The van der Waals surface area contributed by atoms with Crippen LogP contribution in [0, 0.1) is 6.92 Å². The highest BCUT2D eigenvalue weighted by Crippen LogP contribution is 2.27.